The van der Waals surface area contributed by atoms with Crippen LogP contribution in [0.4, 0.5) is 0 Å². The van der Waals surface area contributed by atoms with E-state index in [4.69, 9.17) is 9.47 Å². The van der Waals surface area contributed by atoms with E-state index in [1.165, 1.54) is 6.42 Å². The molecule has 1 atom stereocenters. The van der Waals surface area contributed by atoms with Crippen molar-refractivity contribution in [3.63, 3.8) is 0 Å². The summed E-state index contributed by atoms with van der Waals surface area (Å²) >= 11 is 0. The van der Waals surface area contributed by atoms with Crippen LogP contribution in [0, 0.1) is 5.41 Å². The Labute approximate surface area is 130 Å². The second kappa shape index (κ2) is 9.67. The molecule has 1 aromatic rings. The summed E-state index contributed by atoms with van der Waals surface area (Å²) in [4.78, 5) is 0. The number of hydrogen-bond acceptors (Lipinski definition) is 3. The predicted octanol–water partition coefficient (Wildman–Crippen LogP) is 4.27. The van der Waals surface area contributed by atoms with Crippen LogP contribution >= 0.6 is 0 Å². The summed E-state index contributed by atoms with van der Waals surface area (Å²) in [7, 11) is 0. The fraction of sp³-hybridized carbons (Fsp3) is 0.667. The van der Waals surface area contributed by atoms with E-state index in [0.29, 0.717) is 6.61 Å². The zero-order chi connectivity index (χ0) is 15.6. The van der Waals surface area contributed by atoms with Crippen molar-refractivity contribution in [2.45, 2.75) is 47.0 Å². The fourth-order valence-corrected chi connectivity index (χ4v) is 2.21. The van der Waals surface area contributed by atoms with Gasteiger partial charge in [0.1, 0.15) is 0 Å². The minimum atomic E-state index is 0.287. The number of benzene rings is 1. The Hall–Kier alpha value is -1.22. The summed E-state index contributed by atoms with van der Waals surface area (Å²) < 4.78 is 11.5. The molecule has 0 amide bonds. The van der Waals surface area contributed by atoms with Crippen LogP contribution in [0.3, 0.4) is 0 Å². The minimum absolute atomic E-state index is 0.287. The standard InChI is InChI=1S/C18H31NO2/c1-5-13-19-15-18(4,6-2)12-14-21-17-11-9-8-10-16(17)20-7-3/h8-11,19H,5-7,12-15H2,1-4H3. The first-order valence-electron chi connectivity index (χ1n) is 8.20. The quantitative estimate of drug-likeness (QED) is 0.618. The normalized spacial score (nSPS) is 13.7. The average Bonchev–Trinajstić information content (AvgIpc) is 2.49. The molecule has 1 aromatic carbocycles. The highest BCUT2D eigenvalue weighted by atomic mass is 16.5. The van der Waals surface area contributed by atoms with Crippen molar-refractivity contribution in [1.82, 2.24) is 5.32 Å². The Morgan fingerprint density at radius 2 is 1.71 bits per heavy atom. The van der Waals surface area contributed by atoms with Gasteiger partial charge in [0, 0.05) is 6.54 Å². The first-order valence-corrected chi connectivity index (χ1v) is 8.20. The van der Waals surface area contributed by atoms with Crippen LogP contribution < -0.4 is 14.8 Å². The number of ether oxygens (including phenoxy) is 2. The van der Waals surface area contributed by atoms with E-state index in [9.17, 15) is 0 Å². The molecular formula is C18H31NO2. The molecule has 1 rings (SSSR count). The molecule has 0 fully saturated rings. The smallest absolute Gasteiger partial charge is 0.161 e. The van der Waals surface area contributed by atoms with Gasteiger partial charge in [0.05, 0.1) is 13.2 Å². The molecule has 0 bridgehead atoms. The van der Waals surface area contributed by atoms with Crippen molar-refractivity contribution in [2.75, 3.05) is 26.3 Å². The van der Waals surface area contributed by atoms with Crippen LogP contribution in [0.1, 0.15) is 47.0 Å². The lowest BCUT2D eigenvalue weighted by molar-refractivity contribution is 0.194. The predicted molar refractivity (Wildman–Crippen MR) is 89.3 cm³/mol. The lowest BCUT2D eigenvalue weighted by atomic mass is 9.84. The molecule has 0 saturated carbocycles. The molecule has 0 saturated heterocycles. The van der Waals surface area contributed by atoms with Crippen molar-refractivity contribution in [3.05, 3.63) is 24.3 Å². The van der Waals surface area contributed by atoms with Crippen LogP contribution in [0.2, 0.25) is 0 Å². The maximum atomic E-state index is 5.94. The summed E-state index contributed by atoms with van der Waals surface area (Å²) in [5.74, 6) is 1.68. The minimum Gasteiger partial charge on any atom is -0.490 e. The van der Waals surface area contributed by atoms with Gasteiger partial charge >= 0.3 is 0 Å². The van der Waals surface area contributed by atoms with Crippen molar-refractivity contribution in [3.8, 4) is 11.5 Å². The summed E-state index contributed by atoms with van der Waals surface area (Å²) in [6.45, 7) is 12.3. The molecule has 0 aliphatic rings. The highest BCUT2D eigenvalue weighted by Crippen LogP contribution is 2.29. The van der Waals surface area contributed by atoms with Crippen LogP contribution in [0.25, 0.3) is 0 Å². The van der Waals surface area contributed by atoms with Gasteiger partial charge < -0.3 is 14.8 Å². The molecule has 0 aliphatic heterocycles. The maximum Gasteiger partial charge on any atom is 0.161 e. The first kappa shape index (κ1) is 17.8. The van der Waals surface area contributed by atoms with Gasteiger partial charge in [-0.1, -0.05) is 32.9 Å². The second-order valence-corrected chi connectivity index (χ2v) is 5.82. The van der Waals surface area contributed by atoms with Crippen molar-refractivity contribution in [2.24, 2.45) is 5.41 Å². The second-order valence-electron chi connectivity index (χ2n) is 5.82. The van der Waals surface area contributed by atoms with Crippen LogP contribution in [-0.4, -0.2) is 26.3 Å². The third-order valence-electron chi connectivity index (χ3n) is 3.94. The van der Waals surface area contributed by atoms with Gasteiger partial charge in [-0.25, -0.2) is 0 Å². The first-order chi connectivity index (χ1) is 10.1. The maximum absolute atomic E-state index is 5.94. The Bertz CT molecular complexity index is 395. The van der Waals surface area contributed by atoms with E-state index in [0.717, 1.165) is 44.0 Å². The fourth-order valence-electron chi connectivity index (χ4n) is 2.21. The van der Waals surface area contributed by atoms with Gasteiger partial charge in [-0.3, -0.25) is 0 Å². The van der Waals surface area contributed by atoms with Crippen LogP contribution in [0.15, 0.2) is 24.3 Å². The average molecular weight is 293 g/mol. The molecule has 21 heavy (non-hydrogen) atoms. The lowest BCUT2D eigenvalue weighted by Crippen LogP contribution is -2.33. The van der Waals surface area contributed by atoms with Gasteiger partial charge in [0.2, 0.25) is 0 Å². The lowest BCUT2D eigenvalue weighted by Gasteiger charge is -2.28. The molecule has 1 unspecified atom stereocenters. The molecule has 0 radical (unpaired) electrons. The third kappa shape index (κ3) is 6.38. The van der Waals surface area contributed by atoms with E-state index in [1.54, 1.807) is 0 Å². The number of rotatable bonds is 11. The van der Waals surface area contributed by atoms with Crippen molar-refractivity contribution < 1.29 is 9.47 Å². The molecule has 0 aromatic heterocycles. The van der Waals surface area contributed by atoms with Crippen molar-refractivity contribution in [1.29, 1.82) is 0 Å². The summed E-state index contributed by atoms with van der Waals surface area (Å²) in [6, 6.07) is 7.90. The van der Waals surface area contributed by atoms with Gasteiger partial charge in [-0.15, -0.1) is 0 Å². The number of para-hydroxylation sites is 2. The van der Waals surface area contributed by atoms with Crippen LogP contribution in [-0.2, 0) is 0 Å². The van der Waals surface area contributed by atoms with Gasteiger partial charge in [-0.05, 0) is 50.3 Å². The molecule has 0 aliphatic carbocycles. The zero-order valence-electron chi connectivity index (χ0n) is 14.1. The van der Waals surface area contributed by atoms with E-state index in [-0.39, 0.29) is 5.41 Å². The molecule has 3 heteroatoms. The van der Waals surface area contributed by atoms with E-state index in [2.05, 4.69) is 26.1 Å². The molecular weight excluding hydrogens is 262 g/mol. The van der Waals surface area contributed by atoms with Gasteiger partial charge in [0.25, 0.3) is 0 Å². The Kier molecular flexibility index (Phi) is 8.21. The zero-order valence-corrected chi connectivity index (χ0v) is 14.1. The van der Waals surface area contributed by atoms with Crippen LogP contribution in [0.5, 0.6) is 11.5 Å². The molecule has 1 N–H and O–H groups in total. The number of nitrogens with one attached hydrogen (secondary N) is 1. The topological polar surface area (TPSA) is 30.5 Å². The molecule has 0 spiro atoms. The Morgan fingerprint density at radius 3 is 2.29 bits per heavy atom. The van der Waals surface area contributed by atoms with Gasteiger partial charge in [0.15, 0.2) is 11.5 Å². The summed E-state index contributed by atoms with van der Waals surface area (Å²) in [6.07, 6.45) is 3.37. The Balaban J connectivity index is 2.47. The van der Waals surface area contributed by atoms with Gasteiger partial charge in [-0.2, -0.15) is 0 Å². The highest BCUT2D eigenvalue weighted by Gasteiger charge is 2.21. The highest BCUT2D eigenvalue weighted by molar-refractivity contribution is 5.39. The number of hydrogen-bond donors (Lipinski definition) is 1. The summed E-state index contributed by atoms with van der Waals surface area (Å²) in [5.41, 5.74) is 0.287. The van der Waals surface area contributed by atoms with E-state index < -0.39 is 0 Å². The van der Waals surface area contributed by atoms with E-state index >= 15 is 0 Å². The molecule has 3 nitrogen and oxygen atoms in total. The molecule has 0 heterocycles. The molecule has 120 valence electrons. The third-order valence-corrected chi connectivity index (χ3v) is 3.94. The van der Waals surface area contributed by atoms with Crippen molar-refractivity contribution >= 4 is 0 Å². The SMILES string of the molecule is CCCNCC(C)(CC)CCOc1ccccc1OCC. The van der Waals surface area contributed by atoms with E-state index in [1.807, 2.05) is 31.2 Å². The Morgan fingerprint density at radius 1 is 1.05 bits per heavy atom. The monoisotopic (exact) mass is 293 g/mol. The largest absolute Gasteiger partial charge is 0.490 e. The summed E-state index contributed by atoms with van der Waals surface area (Å²) in [5, 5.41) is 3.53.